The van der Waals surface area contributed by atoms with Gasteiger partial charge >= 0.3 is 0 Å². The zero-order chi connectivity index (χ0) is 18.5. The van der Waals surface area contributed by atoms with Crippen LogP contribution in [-0.4, -0.2) is 11.9 Å². The molecule has 4 aromatic rings. The minimum absolute atomic E-state index is 0. The van der Waals surface area contributed by atoms with Gasteiger partial charge in [-0.1, -0.05) is 60.7 Å². The van der Waals surface area contributed by atoms with Crippen molar-refractivity contribution in [3.8, 4) is 0 Å². The molecule has 0 bridgehead atoms. The number of hydrogen-bond acceptors (Lipinski definition) is 2. The molecular weight excluding hydrogens is 447 g/mol. The molecule has 0 saturated carbocycles. The van der Waals surface area contributed by atoms with Crippen molar-refractivity contribution in [3.63, 3.8) is 0 Å². The molecule has 0 unspecified atom stereocenters. The highest BCUT2D eigenvalue weighted by Gasteiger charge is 2.47. The Hall–Kier alpha value is -2.06. The first-order valence-corrected chi connectivity index (χ1v) is 11.8. The summed E-state index contributed by atoms with van der Waals surface area (Å²) in [4.78, 5) is 14.1. The minimum atomic E-state index is -2.09. The van der Waals surface area contributed by atoms with Crippen LogP contribution in [0.3, 0.4) is 0 Å². The van der Waals surface area contributed by atoms with E-state index in [-0.39, 0.29) is 22.8 Å². The summed E-state index contributed by atoms with van der Waals surface area (Å²) >= 11 is 1.53. The fourth-order valence-electron chi connectivity index (χ4n) is 3.50. The van der Waals surface area contributed by atoms with Gasteiger partial charge in [0.1, 0.15) is 29.3 Å². The standard InChI is InChI=1S/C24H20OPS.BrH/c25-23(24-17-10-18-27-24)19-26(20-11-4-1-5-12-20,21-13-6-2-7-14-21)22-15-8-3-9-16-22;/h1-18H,19H2;1H/q+1;/p-1. The SMILES string of the molecule is O=C(C[P+](c1ccccc1)(c1ccccc1)c1ccccc1)c1cccs1.[Br-]. The number of benzene rings is 3. The maximum Gasteiger partial charge on any atom is 0.210 e. The summed E-state index contributed by atoms with van der Waals surface area (Å²) < 4.78 is 0. The van der Waals surface area contributed by atoms with E-state index in [0.29, 0.717) is 6.16 Å². The molecule has 4 heteroatoms. The van der Waals surface area contributed by atoms with Crippen LogP contribution >= 0.6 is 18.6 Å². The maximum absolute atomic E-state index is 13.3. The smallest absolute Gasteiger partial charge is 0.210 e. The number of ketones is 1. The number of hydrogen-bond donors (Lipinski definition) is 0. The molecule has 140 valence electrons. The Bertz CT molecular complexity index is 906. The monoisotopic (exact) mass is 466 g/mol. The molecule has 28 heavy (non-hydrogen) atoms. The molecule has 0 spiro atoms. The van der Waals surface area contributed by atoms with E-state index >= 15 is 0 Å². The molecule has 0 N–H and O–H groups in total. The average molecular weight is 467 g/mol. The molecule has 0 saturated heterocycles. The average Bonchev–Trinajstić information content (AvgIpc) is 3.29. The molecule has 1 heterocycles. The molecule has 0 aliphatic carbocycles. The van der Waals surface area contributed by atoms with Crippen LogP contribution < -0.4 is 32.9 Å². The largest absolute Gasteiger partial charge is 1.00 e. The molecule has 0 atom stereocenters. The number of thiophene rings is 1. The lowest BCUT2D eigenvalue weighted by atomic mass is 10.3. The Morgan fingerprint density at radius 2 is 1.07 bits per heavy atom. The summed E-state index contributed by atoms with van der Waals surface area (Å²) in [5.74, 6) is 0.217. The Labute approximate surface area is 181 Å². The molecule has 0 fully saturated rings. The van der Waals surface area contributed by atoms with Crippen LogP contribution in [0.5, 0.6) is 0 Å². The first-order chi connectivity index (χ1) is 13.3. The van der Waals surface area contributed by atoms with E-state index in [4.69, 9.17) is 0 Å². The number of rotatable bonds is 6. The summed E-state index contributed by atoms with van der Waals surface area (Å²) in [5.41, 5.74) is 0. The van der Waals surface area contributed by atoms with E-state index < -0.39 is 7.26 Å². The van der Waals surface area contributed by atoms with E-state index in [9.17, 15) is 4.79 Å². The van der Waals surface area contributed by atoms with Crippen molar-refractivity contribution in [2.45, 2.75) is 0 Å². The third-order valence-electron chi connectivity index (χ3n) is 4.77. The number of Topliss-reactive ketones (excluding diaryl/α,β-unsaturated/α-hetero) is 1. The Kier molecular flexibility index (Phi) is 6.96. The summed E-state index contributed by atoms with van der Waals surface area (Å²) in [6.07, 6.45) is 0.506. The lowest BCUT2D eigenvalue weighted by Gasteiger charge is -2.26. The predicted molar refractivity (Wildman–Crippen MR) is 119 cm³/mol. The molecule has 1 aromatic heterocycles. The van der Waals surface area contributed by atoms with Gasteiger partial charge in [-0.2, -0.15) is 0 Å². The van der Waals surface area contributed by atoms with E-state index in [1.807, 2.05) is 35.7 Å². The normalized spacial score (nSPS) is 10.9. The summed E-state index contributed by atoms with van der Waals surface area (Å²) in [7, 11) is -2.09. The fourth-order valence-corrected chi connectivity index (χ4v) is 8.36. The van der Waals surface area contributed by atoms with Crippen molar-refractivity contribution in [3.05, 3.63) is 113 Å². The predicted octanol–water partition coefficient (Wildman–Crippen LogP) is 1.93. The van der Waals surface area contributed by atoms with E-state index in [2.05, 4.69) is 72.8 Å². The lowest BCUT2D eigenvalue weighted by molar-refractivity contribution is -0.0000130. The fraction of sp³-hybridized carbons (Fsp3) is 0.0417. The number of carbonyl (C=O) groups is 1. The lowest BCUT2D eigenvalue weighted by Crippen LogP contribution is -3.00. The van der Waals surface area contributed by atoms with Gasteiger partial charge < -0.3 is 17.0 Å². The van der Waals surface area contributed by atoms with Gasteiger partial charge in [-0.3, -0.25) is 4.79 Å². The molecule has 3 aromatic carbocycles. The van der Waals surface area contributed by atoms with Gasteiger partial charge in [0.05, 0.1) is 4.88 Å². The third-order valence-corrected chi connectivity index (χ3v) is 9.98. The second-order valence-electron chi connectivity index (χ2n) is 6.37. The van der Waals surface area contributed by atoms with Crippen LogP contribution in [0.25, 0.3) is 0 Å². The zero-order valence-corrected chi connectivity index (χ0v) is 18.5. The Morgan fingerprint density at radius 1 is 0.643 bits per heavy atom. The Balaban J connectivity index is 0.00000225. The van der Waals surface area contributed by atoms with Gasteiger partial charge in [-0.15, -0.1) is 11.3 Å². The second kappa shape index (κ2) is 9.43. The van der Waals surface area contributed by atoms with Crippen molar-refractivity contribution in [1.29, 1.82) is 0 Å². The minimum Gasteiger partial charge on any atom is -1.00 e. The summed E-state index contributed by atoms with van der Waals surface area (Å²) in [6, 6.07) is 35.5. The van der Waals surface area contributed by atoms with Crippen molar-refractivity contribution in [2.75, 3.05) is 6.16 Å². The molecule has 0 aliphatic heterocycles. The highest BCUT2D eigenvalue weighted by atomic mass is 79.9. The van der Waals surface area contributed by atoms with Crippen LogP contribution in [0, 0.1) is 0 Å². The highest BCUT2D eigenvalue weighted by molar-refractivity contribution is 7.96. The third kappa shape index (κ3) is 4.03. The quantitative estimate of drug-likeness (QED) is 0.313. The van der Waals surface area contributed by atoms with Crippen LogP contribution in [0.15, 0.2) is 109 Å². The van der Waals surface area contributed by atoms with Crippen LogP contribution in [0.2, 0.25) is 0 Å². The number of carbonyl (C=O) groups excluding carboxylic acids is 1. The molecule has 4 rings (SSSR count). The second-order valence-corrected chi connectivity index (χ2v) is 10.8. The number of halogens is 1. The summed E-state index contributed by atoms with van der Waals surface area (Å²) in [5, 5.41) is 5.70. The van der Waals surface area contributed by atoms with Gasteiger partial charge in [0.25, 0.3) is 0 Å². The first-order valence-electron chi connectivity index (χ1n) is 8.92. The first kappa shape index (κ1) is 20.7. The summed E-state index contributed by atoms with van der Waals surface area (Å²) in [6.45, 7) is 0. The van der Waals surface area contributed by atoms with E-state index in [1.54, 1.807) is 0 Å². The van der Waals surface area contributed by atoms with Crippen molar-refractivity contribution in [2.24, 2.45) is 0 Å². The van der Waals surface area contributed by atoms with Gasteiger partial charge in [0, 0.05) is 0 Å². The van der Waals surface area contributed by atoms with Gasteiger partial charge in [0.2, 0.25) is 5.78 Å². The van der Waals surface area contributed by atoms with Gasteiger partial charge in [0.15, 0.2) is 0 Å². The molecular formula is C24H20BrOPS. The Morgan fingerprint density at radius 3 is 1.43 bits per heavy atom. The topological polar surface area (TPSA) is 17.1 Å². The van der Waals surface area contributed by atoms with Crippen molar-refractivity contribution < 1.29 is 21.8 Å². The van der Waals surface area contributed by atoms with E-state index in [1.165, 1.54) is 27.3 Å². The zero-order valence-electron chi connectivity index (χ0n) is 15.2. The maximum atomic E-state index is 13.3. The highest BCUT2D eigenvalue weighted by Crippen LogP contribution is 2.55. The van der Waals surface area contributed by atoms with Gasteiger partial charge in [-0.25, -0.2) is 0 Å². The van der Waals surface area contributed by atoms with Gasteiger partial charge in [-0.05, 0) is 47.8 Å². The van der Waals surface area contributed by atoms with Crippen molar-refractivity contribution in [1.82, 2.24) is 0 Å². The van der Waals surface area contributed by atoms with Crippen LogP contribution in [-0.2, 0) is 0 Å². The molecule has 0 aliphatic rings. The van der Waals surface area contributed by atoms with E-state index in [0.717, 1.165) is 4.88 Å². The molecule has 1 nitrogen and oxygen atoms in total. The molecule has 0 amide bonds. The van der Waals surface area contributed by atoms with Crippen LogP contribution in [0.1, 0.15) is 9.67 Å². The van der Waals surface area contributed by atoms with Crippen LogP contribution in [0.4, 0.5) is 0 Å². The van der Waals surface area contributed by atoms with Crippen molar-refractivity contribution >= 4 is 40.3 Å². The molecule has 0 radical (unpaired) electrons.